The van der Waals surface area contributed by atoms with Crippen LogP contribution < -0.4 is 11.1 Å². The Bertz CT molecular complexity index is 559. The molecule has 1 saturated heterocycles. The smallest absolute Gasteiger partial charge is 0.241 e. The van der Waals surface area contributed by atoms with E-state index in [0.29, 0.717) is 11.3 Å². The van der Waals surface area contributed by atoms with Crippen LogP contribution in [0.5, 0.6) is 0 Å². The average Bonchev–Trinajstić information content (AvgIpc) is 2.45. The van der Waals surface area contributed by atoms with E-state index in [4.69, 9.17) is 5.73 Å². The van der Waals surface area contributed by atoms with Crippen LogP contribution in [0.25, 0.3) is 0 Å². The van der Waals surface area contributed by atoms with Gasteiger partial charge in [0.2, 0.25) is 5.91 Å². The van der Waals surface area contributed by atoms with Crippen molar-refractivity contribution in [2.24, 2.45) is 11.1 Å². The summed E-state index contributed by atoms with van der Waals surface area (Å²) in [7, 11) is 0. The van der Waals surface area contributed by atoms with E-state index in [9.17, 15) is 9.18 Å². The van der Waals surface area contributed by atoms with Crippen LogP contribution in [0.1, 0.15) is 32.8 Å². The highest BCUT2D eigenvalue weighted by molar-refractivity contribution is 5.94. The summed E-state index contributed by atoms with van der Waals surface area (Å²) < 4.78 is 13.6. The van der Waals surface area contributed by atoms with Crippen LogP contribution in [0.4, 0.5) is 10.1 Å². The molecular formula is C17H26FN3O. The molecule has 1 amide bonds. The maximum absolute atomic E-state index is 13.6. The van der Waals surface area contributed by atoms with Crippen LogP contribution in [0.2, 0.25) is 0 Å². The number of aryl methyl sites for hydroxylation is 1. The van der Waals surface area contributed by atoms with E-state index >= 15 is 0 Å². The first-order valence-electron chi connectivity index (χ1n) is 7.77. The van der Waals surface area contributed by atoms with E-state index in [0.717, 1.165) is 19.5 Å². The monoisotopic (exact) mass is 307 g/mol. The van der Waals surface area contributed by atoms with Crippen LogP contribution in [0, 0.1) is 18.2 Å². The number of nitrogens with zero attached hydrogens (tertiary/aromatic N) is 1. The molecule has 5 heteroatoms. The number of carbonyl (C=O) groups is 1. The number of benzene rings is 1. The van der Waals surface area contributed by atoms with Gasteiger partial charge in [0.05, 0.1) is 6.04 Å². The van der Waals surface area contributed by atoms with Gasteiger partial charge in [0.1, 0.15) is 5.82 Å². The number of nitrogens with one attached hydrogen (secondary N) is 1. The summed E-state index contributed by atoms with van der Waals surface area (Å²) in [4.78, 5) is 14.5. The largest absolute Gasteiger partial charge is 0.327 e. The summed E-state index contributed by atoms with van der Waals surface area (Å²) >= 11 is 0. The molecule has 2 unspecified atom stereocenters. The van der Waals surface area contributed by atoms with E-state index in [1.54, 1.807) is 19.1 Å². The highest BCUT2D eigenvalue weighted by atomic mass is 19.1. The maximum atomic E-state index is 13.6. The lowest BCUT2D eigenvalue weighted by molar-refractivity contribution is -0.122. The summed E-state index contributed by atoms with van der Waals surface area (Å²) in [6.07, 6.45) is 0.879. The van der Waals surface area contributed by atoms with Gasteiger partial charge in [-0.3, -0.25) is 9.69 Å². The molecule has 1 aromatic carbocycles. The van der Waals surface area contributed by atoms with E-state index in [1.807, 2.05) is 6.92 Å². The molecule has 4 nitrogen and oxygen atoms in total. The first-order chi connectivity index (χ1) is 10.2. The van der Waals surface area contributed by atoms with Gasteiger partial charge in [0, 0.05) is 24.8 Å². The zero-order chi connectivity index (χ0) is 16.5. The summed E-state index contributed by atoms with van der Waals surface area (Å²) in [5.74, 6) is -0.426. The van der Waals surface area contributed by atoms with E-state index in [1.165, 1.54) is 6.07 Å². The minimum atomic E-state index is -0.310. The highest BCUT2D eigenvalue weighted by Gasteiger charge is 2.36. The number of piperidine rings is 1. The SMILES string of the molecule is Cc1ccc(NC(=O)C(C)N2CCC(N)C(C)(C)C2)cc1F. The van der Waals surface area contributed by atoms with Crippen LogP contribution in [-0.2, 0) is 4.79 Å². The molecule has 1 aliphatic rings. The molecule has 3 N–H and O–H groups in total. The minimum Gasteiger partial charge on any atom is -0.327 e. The fourth-order valence-corrected chi connectivity index (χ4v) is 2.83. The lowest BCUT2D eigenvalue weighted by Gasteiger charge is -2.44. The number of hydrogen-bond acceptors (Lipinski definition) is 3. The third kappa shape index (κ3) is 3.65. The van der Waals surface area contributed by atoms with Gasteiger partial charge in [0.15, 0.2) is 0 Å². The van der Waals surface area contributed by atoms with Crippen LogP contribution in [0.3, 0.4) is 0 Å². The fraction of sp³-hybridized carbons (Fsp3) is 0.588. The van der Waals surface area contributed by atoms with Crippen molar-refractivity contribution in [3.05, 3.63) is 29.6 Å². The van der Waals surface area contributed by atoms with Crippen molar-refractivity contribution < 1.29 is 9.18 Å². The van der Waals surface area contributed by atoms with E-state index in [-0.39, 0.29) is 29.2 Å². The molecule has 0 bridgehead atoms. The van der Waals surface area contributed by atoms with Crippen LogP contribution in [0.15, 0.2) is 18.2 Å². The summed E-state index contributed by atoms with van der Waals surface area (Å²) in [5, 5.41) is 2.79. The summed E-state index contributed by atoms with van der Waals surface area (Å²) in [6.45, 7) is 9.43. The number of carbonyl (C=O) groups excluding carboxylic acids is 1. The van der Waals surface area contributed by atoms with Crippen molar-refractivity contribution in [2.45, 2.75) is 46.2 Å². The van der Waals surface area contributed by atoms with Gasteiger partial charge in [-0.1, -0.05) is 19.9 Å². The molecular weight excluding hydrogens is 281 g/mol. The standard InChI is InChI=1S/C17H26FN3O/c1-11-5-6-13(9-14(11)18)20-16(22)12(2)21-8-7-15(19)17(3,4)10-21/h5-6,9,12,15H,7-8,10,19H2,1-4H3,(H,20,22). The second-order valence-electron chi connectivity index (χ2n) is 6.98. The molecule has 0 radical (unpaired) electrons. The molecule has 2 rings (SSSR count). The number of rotatable bonds is 3. The summed E-state index contributed by atoms with van der Waals surface area (Å²) in [5.41, 5.74) is 7.19. The Morgan fingerprint density at radius 1 is 1.50 bits per heavy atom. The molecule has 1 heterocycles. The Morgan fingerprint density at radius 2 is 2.18 bits per heavy atom. The Balaban J connectivity index is 2.01. The van der Waals surface area contributed by atoms with Crippen molar-refractivity contribution in [1.29, 1.82) is 0 Å². The molecule has 1 fully saturated rings. The van der Waals surface area contributed by atoms with Gasteiger partial charge in [-0.25, -0.2) is 4.39 Å². The van der Waals surface area contributed by atoms with Gasteiger partial charge in [0.25, 0.3) is 0 Å². The molecule has 1 aromatic rings. The Morgan fingerprint density at radius 3 is 2.77 bits per heavy atom. The predicted octanol–water partition coefficient (Wildman–Crippen LogP) is 2.52. The molecule has 0 aliphatic carbocycles. The topological polar surface area (TPSA) is 58.4 Å². The quantitative estimate of drug-likeness (QED) is 0.902. The maximum Gasteiger partial charge on any atom is 0.241 e. The first-order valence-corrected chi connectivity index (χ1v) is 7.77. The summed E-state index contributed by atoms with van der Waals surface area (Å²) in [6, 6.07) is 4.63. The van der Waals surface area contributed by atoms with Crippen molar-refractivity contribution >= 4 is 11.6 Å². The molecule has 22 heavy (non-hydrogen) atoms. The van der Waals surface area contributed by atoms with Crippen LogP contribution >= 0.6 is 0 Å². The normalized spacial score (nSPS) is 23.1. The van der Waals surface area contributed by atoms with Gasteiger partial charge in [-0.05, 0) is 43.4 Å². The third-order valence-corrected chi connectivity index (χ3v) is 4.71. The first kappa shape index (κ1) is 16.9. The number of halogens is 1. The third-order valence-electron chi connectivity index (χ3n) is 4.71. The Labute approximate surface area is 131 Å². The van der Waals surface area contributed by atoms with Gasteiger partial charge >= 0.3 is 0 Å². The lowest BCUT2D eigenvalue weighted by atomic mass is 9.79. The lowest BCUT2D eigenvalue weighted by Crippen LogP contribution is -2.56. The van der Waals surface area contributed by atoms with Gasteiger partial charge in [-0.2, -0.15) is 0 Å². The van der Waals surface area contributed by atoms with E-state index in [2.05, 4.69) is 24.1 Å². The predicted molar refractivity (Wildman–Crippen MR) is 87.2 cm³/mol. The molecule has 122 valence electrons. The molecule has 2 atom stereocenters. The number of amides is 1. The average molecular weight is 307 g/mol. The second kappa shape index (κ2) is 6.34. The fourth-order valence-electron chi connectivity index (χ4n) is 2.83. The molecule has 0 spiro atoms. The Kier molecular flexibility index (Phi) is 4.87. The number of nitrogens with two attached hydrogens (primary N) is 1. The van der Waals surface area contributed by atoms with E-state index < -0.39 is 0 Å². The molecule has 1 aliphatic heterocycles. The van der Waals surface area contributed by atoms with Crippen molar-refractivity contribution in [3.8, 4) is 0 Å². The zero-order valence-corrected chi connectivity index (χ0v) is 13.8. The van der Waals surface area contributed by atoms with Crippen LogP contribution in [-0.4, -0.2) is 36.0 Å². The second-order valence-corrected chi connectivity index (χ2v) is 6.98. The minimum absolute atomic E-state index is 0.0112. The highest BCUT2D eigenvalue weighted by Crippen LogP contribution is 2.29. The Hall–Kier alpha value is -1.46. The van der Waals surface area contributed by atoms with Gasteiger partial charge in [-0.15, -0.1) is 0 Å². The molecule has 0 aromatic heterocycles. The van der Waals surface area contributed by atoms with Crippen molar-refractivity contribution in [2.75, 3.05) is 18.4 Å². The number of likely N-dealkylation sites (tertiary alicyclic amines) is 1. The van der Waals surface area contributed by atoms with Crippen molar-refractivity contribution in [3.63, 3.8) is 0 Å². The van der Waals surface area contributed by atoms with Gasteiger partial charge < -0.3 is 11.1 Å². The van der Waals surface area contributed by atoms with Crippen molar-refractivity contribution in [1.82, 2.24) is 4.90 Å². The number of hydrogen-bond donors (Lipinski definition) is 2. The zero-order valence-electron chi connectivity index (χ0n) is 13.8. The molecule has 0 saturated carbocycles. The number of anilines is 1.